The molecule has 2 N–H and O–H groups in total. The van der Waals surface area contributed by atoms with Crippen molar-refractivity contribution in [1.29, 1.82) is 0 Å². The number of aromatic amines is 1. The van der Waals surface area contributed by atoms with Crippen LogP contribution in [-0.2, 0) is 10.2 Å². The highest BCUT2D eigenvalue weighted by Crippen LogP contribution is 2.32. The monoisotopic (exact) mass is 272 g/mol. The van der Waals surface area contributed by atoms with Gasteiger partial charge in [-0.3, -0.25) is 4.79 Å². The van der Waals surface area contributed by atoms with Crippen molar-refractivity contribution in [3.63, 3.8) is 0 Å². The van der Waals surface area contributed by atoms with Crippen molar-refractivity contribution in [3.05, 3.63) is 35.5 Å². The molecule has 1 aromatic heterocycles. The molecule has 1 amide bonds. The van der Waals surface area contributed by atoms with Crippen molar-refractivity contribution >= 4 is 16.8 Å². The van der Waals surface area contributed by atoms with Crippen LogP contribution in [0.1, 0.15) is 44.9 Å². The van der Waals surface area contributed by atoms with E-state index in [1.165, 1.54) is 16.6 Å². The van der Waals surface area contributed by atoms with Crippen LogP contribution in [0.4, 0.5) is 0 Å². The number of aromatic nitrogens is 1. The molecule has 0 radical (unpaired) electrons. The summed E-state index contributed by atoms with van der Waals surface area (Å²) in [5, 5.41) is 4.30. The van der Waals surface area contributed by atoms with E-state index >= 15 is 0 Å². The first-order valence-electron chi connectivity index (χ1n) is 7.30. The molecule has 3 nitrogen and oxygen atoms in total. The second-order valence-corrected chi connectivity index (χ2v) is 6.08. The fraction of sp³-hybridized carbons (Fsp3) is 0.471. The van der Waals surface area contributed by atoms with E-state index in [1.54, 1.807) is 0 Å². The first-order valence-corrected chi connectivity index (χ1v) is 7.30. The lowest BCUT2D eigenvalue weighted by Gasteiger charge is -2.26. The molecule has 0 atom stereocenters. The van der Waals surface area contributed by atoms with E-state index in [9.17, 15) is 4.79 Å². The highest BCUT2D eigenvalue weighted by Gasteiger charge is 2.26. The summed E-state index contributed by atoms with van der Waals surface area (Å²) >= 11 is 0. The van der Waals surface area contributed by atoms with Crippen molar-refractivity contribution in [1.82, 2.24) is 10.3 Å². The number of hydrogen-bond acceptors (Lipinski definition) is 1. The van der Waals surface area contributed by atoms with Crippen LogP contribution in [0, 0.1) is 6.92 Å². The number of aryl methyl sites for hydroxylation is 1. The van der Waals surface area contributed by atoms with Gasteiger partial charge < -0.3 is 10.3 Å². The average molecular weight is 272 g/mol. The summed E-state index contributed by atoms with van der Waals surface area (Å²) in [4.78, 5) is 15.1. The van der Waals surface area contributed by atoms with E-state index in [1.807, 2.05) is 13.0 Å². The van der Waals surface area contributed by atoms with Gasteiger partial charge >= 0.3 is 0 Å². The lowest BCUT2D eigenvalue weighted by Crippen LogP contribution is -2.36. The molecule has 0 aliphatic carbocycles. The predicted octanol–water partition coefficient (Wildman–Crippen LogP) is 3.67. The lowest BCUT2D eigenvalue weighted by atomic mass is 9.82. The predicted molar refractivity (Wildman–Crippen MR) is 84.0 cm³/mol. The molecule has 0 spiro atoms. The molecule has 0 aliphatic rings. The molecule has 0 fully saturated rings. The fourth-order valence-electron chi connectivity index (χ4n) is 2.87. The highest BCUT2D eigenvalue weighted by atomic mass is 16.1. The molecule has 0 saturated heterocycles. The lowest BCUT2D eigenvalue weighted by molar-refractivity contribution is -0.121. The second kappa shape index (κ2) is 5.70. The molecule has 0 aliphatic heterocycles. The third-order valence-corrected chi connectivity index (χ3v) is 3.77. The molecule has 0 unspecified atom stereocenters. The van der Waals surface area contributed by atoms with Crippen molar-refractivity contribution in [2.45, 2.75) is 46.0 Å². The van der Waals surface area contributed by atoms with Crippen LogP contribution in [0.3, 0.4) is 0 Å². The summed E-state index contributed by atoms with van der Waals surface area (Å²) in [6, 6.07) is 8.34. The Kier molecular flexibility index (Phi) is 4.17. The van der Waals surface area contributed by atoms with Gasteiger partial charge in [-0.2, -0.15) is 0 Å². The van der Waals surface area contributed by atoms with Crippen LogP contribution in [0.2, 0.25) is 0 Å². The number of rotatable bonds is 5. The van der Waals surface area contributed by atoms with Crippen LogP contribution in [0.5, 0.6) is 0 Å². The van der Waals surface area contributed by atoms with E-state index in [0.717, 1.165) is 11.9 Å². The third kappa shape index (κ3) is 2.87. The number of hydrogen-bond donors (Lipinski definition) is 2. The van der Waals surface area contributed by atoms with E-state index in [0.29, 0.717) is 13.0 Å². The fourth-order valence-corrected chi connectivity index (χ4v) is 2.87. The van der Waals surface area contributed by atoms with E-state index in [4.69, 9.17) is 0 Å². The standard InChI is InChI=1S/C17H24N2O/c1-5-8-15(20)18-11-17(3,4)16-12(2)19-14-10-7-6-9-13(14)16/h6-7,9-10,19H,5,8,11H2,1-4H3,(H,18,20). The molecular formula is C17H24N2O. The zero-order valence-corrected chi connectivity index (χ0v) is 12.8. The molecule has 3 heteroatoms. The average Bonchev–Trinajstić information content (AvgIpc) is 2.73. The Morgan fingerprint density at radius 3 is 2.70 bits per heavy atom. The number of amides is 1. The van der Waals surface area contributed by atoms with Crippen LogP contribution < -0.4 is 5.32 Å². The Labute approximate surface area is 120 Å². The zero-order chi connectivity index (χ0) is 14.8. The van der Waals surface area contributed by atoms with Gasteiger partial charge in [-0.05, 0) is 25.0 Å². The van der Waals surface area contributed by atoms with Crippen LogP contribution >= 0.6 is 0 Å². The minimum atomic E-state index is -0.0902. The van der Waals surface area contributed by atoms with Crippen LogP contribution in [0.15, 0.2) is 24.3 Å². The first-order chi connectivity index (χ1) is 9.45. The van der Waals surface area contributed by atoms with Gasteiger partial charge in [-0.25, -0.2) is 0 Å². The molecule has 0 bridgehead atoms. The number of benzene rings is 1. The maximum absolute atomic E-state index is 11.7. The summed E-state index contributed by atoms with van der Waals surface area (Å²) in [6.45, 7) is 9.15. The van der Waals surface area contributed by atoms with Gasteiger partial charge in [0.1, 0.15) is 0 Å². The number of nitrogens with one attached hydrogen (secondary N) is 2. The number of carbonyl (C=O) groups excluding carboxylic acids is 1. The Hall–Kier alpha value is -1.77. The molecule has 2 aromatic rings. The van der Waals surface area contributed by atoms with E-state index in [2.05, 4.69) is 49.3 Å². The second-order valence-electron chi connectivity index (χ2n) is 6.08. The van der Waals surface area contributed by atoms with Gasteiger partial charge in [0, 0.05) is 35.0 Å². The quantitative estimate of drug-likeness (QED) is 0.857. The van der Waals surface area contributed by atoms with Crippen molar-refractivity contribution < 1.29 is 4.79 Å². The van der Waals surface area contributed by atoms with Gasteiger partial charge in [0.25, 0.3) is 0 Å². The molecular weight excluding hydrogens is 248 g/mol. The summed E-state index contributed by atoms with van der Waals surface area (Å²) in [5.74, 6) is 0.137. The third-order valence-electron chi connectivity index (χ3n) is 3.77. The maximum Gasteiger partial charge on any atom is 0.220 e. The minimum absolute atomic E-state index is 0.0902. The molecule has 108 valence electrons. The Balaban J connectivity index is 2.27. The van der Waals surface area contributed by atoms with Crippen molar-refractivity contribution in [3.8, 4) is 0 Å². The summed E-state index contributed by atoms with van der Waals surface area (Å²) in [5.41, 5.74) is 3.55. The SMILES string of the molecule is CCCC(=O)NCC(C)(C)c1c(C)[nH]c2ccccc12. The summed E-state index contributed by atoms with van der Waals surface area (Å²) in [6.07, 6.45) is 1.49. The highest BCUT2D eigenvalue weighted by molar-refractivity contribution is 5.86. The zero-order valence-electron chi connectivity index (χ0n) is 12.8. The van der Waals surface area contributed by atoms with Gasteiger partial charge in [0.15, 0.2) is 0 Å². The van der Waals surface area contributed by atoms with Crippen molar-refractivity contribution in [2.24, 2.45) is 0 Å². The van der Waals surface area contributed by atoms with Crippen molar-refractivity contribution in [2.75, 3.05) is 6.54 Å². The largest absolute Gasteiger partial charge is 0.358 e. The normalized spacial score (nSPS) is 11.8. The molecule has 0 saturated carbocycles. The number of para-hydroxylation sites is 1. The Morgan fingerprint density at radius 1 is 1.30 bits per heavy atom. The van der Waals surface area contributed by atoms with Crippen LogP contribution in [-0.4, -0.2) is 17.4 Å². The number of carbonyl (C=O) groups is 1. The Morgan fingerprint density at radius 2 is 2.00 bits per heavy atom. The summed E-state index contributed by atoms with van der Waals surface area (Å²) < 4.78 is 0. The molecule has 1 heterocycles. The first kappa shape index (κ1) is 14.6. The smallest absolute Gasteiger partial charge is 0.220 e. The number of H-pyrrole nitrogens is 1. The topological polar surface area (TPSA) is 44.9 Å². The van der Waals surface area contributed by atoms with E-state index in [-0.39, 0.29) is 11.3 Å². The van der Waals surface area contributed by atoms with Gasteiger partial charge in [-0.15, -0.1) is 0 Å². The van der Waals surface area contributed by atoms with Gasteiger partial charge in [0.05, 0.1) is 0 Å². The van der Waals surface area contributed by atoms with Crippen LogP contribution in [0.25, 0.3) is 10.9 Å². The summed E-state index contributed by atoms with van der Waals surface area (Å²) in [7, 11) is 0. The molecule has 1 aromatic carbocycles. The molecule has 2 rings (SSSR count). The maximum atomic E-state index is 11.7. The Bertz CT molecular complexity index is 610. The number of fused-ring (bicyclic) bond motifs is 1. The van der Waals surface area contributed by atoms with E-state index < -0.39 is 0 Å². The minimum Gasteiger partial charge on any atom is -0.358 e. The van der Waals surface area contributed by atoms with Gasteiger partial charge in [-0.1, -0.05) is 39.0 Å². The van der Waals surface area contributed by atoms with Gasteiger partial charge in [0.2, 0.25) is 5.91 Å². The molecule has 20 heavy (non-hydrogen) atoms.